The van der Waals surface area contributed by atoms with E-state index in [2.05, 4.69) is 15.4 Å². The summed E-state index contributed by atoms with van der Waals surface area (Å²) in [5.74, 6) is -0.547. The first-order valence-corrected chi connectivity index (χ1v) is 12.3. The summed E-state index contributed by atoms with van der Waals surface area (Å²) in [4.78, 5) is 30.5. The number of rotatable bonds is 5. The van der Waals surface area contributed by atoms with Crippen LogP contribution in [-0.4, -0.2) is 31.0 Å². The van der Waals surface area contributed by atoms with Crippen molar-refractivity contribution in [3.63, 3.8) is 0 Å². The van der Waals surface area contributed by atoms with Crippen molar-refractivity contribution in [2.75, 3.05) is 11.1 Å². The van der Waals surface area contributed by atoms with Gasteiger partial charge in [0.15, 0.2) is 11.0 Å². The van der Waals surface area contributed by atoms with Gasteiger partial charge in [-0.15, -0.1) is 5.10 Å². The number of halogens is 2. The van der Waals surface area contributed by atoms with Gasteiger partial charge >= 0.3 is 0 Å². The number of para-hydroxylation sites is 1. The third-order valence-corrected chi connectivity index (χ3v) is 6.91. The number of anilines is 1. The van der Waals surface area contributed by atoms with Gasteiger partial charge in [-0.2, -0.15) is 4.68 Å². The summed E-state index contributed by atoms with van der Waals surface area (Å²) in [5, 5.41) is 8.01. The van der Waals surface area contributed by atoms with Crippen LogP contribution in [0.15, 0.2) is 58.5 Å². The van der Waals surface area contributed by atoms with E-state index < -0.39 is 5.82 Å². The molecular weight excluding hydrogens is 477 g/mol. The SMILES string of the molecule is O=C(CSc1nc2nn(-c3ccccc3)c(=O)c-2c2n1CCCCC2)Nc1cc(Cl)ccc1F. The molecule has 0 saturated heterocycles. The van der Waals surface area contributed by atoms with Crippen LogP contribution in [0.2, 0.25) is 5.02 Å². The van der Waals surface area contributed by atoms with Crippen LogP contribution in [0, 0.1) is 5.82 Å². The normalized spacial score (nSPS) is 13.5. The highest BCUT2D eigenvalue weighted by Crippen LogP contribution is 2.30. The van der Waals surface area contributed by atoms with Crippen molar-refractivity contribution in [3.05, 3.63) is 75.4 Å². The van der Waals surface area contributed by atoms with Crippen LogP contribution < -0.4 is 10.9 Å². The largest absolute Gasteiger partial charge is 0.324 e. The average molecular weight is 498 g/mol. The van der Waals surface area contributed by atoms with E-state index in [-0.39, 0.29) is 22.9 Å². The van der Waals surface area contributed by atoms with Crippen molar-refractivity contribution in [1.82, 2.24) is 19.3 Å². The molecule has 1 amide bonds. The third kappa shape index (κ3) is 4.45. The van der Waals surface area contributed by atoms with Crippen molar-refractivity contribution in [1.29, 1.82) is 0 Å². The van der Waals surface area contributed by atoms with E-state index in [1.54, 1.807) is 0 Å². The second-order valence-electron chi connectivity index (χ2n) is 8.02. The van der Waals surface area contributed by atoms with Crippen LogP contribution in [0.25, 0.3) is 17.1 Å². The maximum absolute atomic E-state index is 14.0. The Morgan fingerprint density at radius 3 is 2.79 bits per heavy atom. The van der Waals surface area contributed by atoms with Gasteiger partial charge in [0.2, 0.25) is 5.91 Å². The van der Waals surface area contributed by atoms with E-state index in [0.29, 0.717) is 33.8 Å². The molecule has 0 fully saturated rings. The van der Waals surface area contributed by atoms with Gasteiger partial charge in [0.05, 0.1) is 17.1 Å². The summed E-state index contributed by atoms with van der Waals surface area (Å²) in [7, 11) is 0. The Kier molecular flexibility index (Phi) is 6.38. The second kappa shape index (κ2) is 9.60. The Hall–Kier alpha value is -3.17. The highest BCUT2D eigenvalue weighted by Gasteiger charge is 2.27. The molecule has 1 N–H and O–H groups in total. The molecule has 0 spiro atoms. The smallest absolute Gasteiger partial charge is 0.284 e. The number of nitrogens with zero attached hydrogens (tertiary/aromatic N) is 4. The molecule has 174 valence electrons. The van der Waals surface area contributed by atoms with Gasteiger partial charge < -0.3 is 9.88 Å². The Bertz CT molecular complexity index is 1390. The van der Waals surface area contributed by atoms with Gasteiger partial charge in [0.1, 0.15) is 11.4 Å². The van der Waals surface area contributed by atoms with Crippen molar-refractivity contribution in [3.8, 4) is 17.1 Å². The first-order valence-electron chi connectivity index (χ1n) is 11.0. The lowest BCUT2D eigenvalue weighted by atomic mass is 10.1. The molecule has 3 aliphatic rings. The molecule has 3 heterocycles. The van der Waals surface area contributed by atoms with E-state index in [9.17, 15) is 14.0 Å². The Morgan fingerprint density at radius 2 is 1.97 bits per heavy atom. The second-order valence-corrected chi connectivity index (χ2v) is 9.39. The average Bonchev–Trinajstić information content (AvgIpc) is 3.00. The molecule has 0 aliphatic carbocycles. The van der Waals surface area contributed by atoms with Crippen molar-refractivity contribution in [2.45, 2.75) is 37.4 Å². The standard InChI is InChI=1S/C24H21ClFN5O2S/c25-15-10-11-17(26)18(13-15)27-20(32)14-34-24-28-22-21(19-9-5-2-6-12-30(19)24)23(33)31(29-22)16-7-3-1-4-8-16/h1,3-4,7-8,10-11,13H,2,5-6,9,12,14H2,(H,27,32). The lowest BCUT2D eigenvalue weighted by Crippen LogP contribution is -2.20. The molecule has 0 saturated carbocycles. The van der Waals surface area contributed by atoms with Gasteiger partial charge in [0.25, 0.3) is 5.56 Å². The van der Waals surface area contributed by atoms with Crippen molar-refractivity contribution in [2.24, 2.45) is 0 Å². The molecule has 34 heavy (non-hydrogen) atoms. The topological polar surface area (TPSA) is 81.8 Å². The molecule has 0 unspecified atom stereocenters. The van der Waals surface area contributed by atoms with Crippen LogP contribution in [0.4, 0.5) is 10.1 Å². The third-order valence-electron chi connectivity index (χ3n) is 5.70. The number of fused-ring (bicyclic) bond motifs is 3. The Balaban J connectivity index is 1.48. The summed E-state index contributed by atoms with van der Waals surface area (Å²) in [5.41, 5.74) is 1.95. The summed E-state index contributed by atoms with van der Waals surface area (Å²) in [6, 6.07) is 13.2. The summed E-state index contributed by atoms with van der Waals surface area (Å²) in [6.07, 6.45) is 3.71. The molecule has 7 nitrogen and oxygen atoms in total. The van der Waals surface area contributed by atoms with Crippen LogP contribution in [0.5, 0.6) is 0 Å². The fourth-order valence-electron chi connectivity index (χ4n) is 4.12. The molecule has 0 atom stereocenters. The Morgan fingerprint density at radius 1 is 1.15 bits per heavy atom. The predicted octanol–water partition coefficient (Wildman–Crippen LogP) is 4.78. The zero-order valence-corrected chi connectivity index (χ0v) is 19.7. The molecule has 0 radical (unpaired) electrons. The van der Waals surface area contributed by atoms with E-state index in [4.69, 9.17) is 11.6 Å². The van der Waals surface area contributed by atoms with E-state index in [1.165, 1.54) is 34.6 Å². The number of nitrogens with one attached hydrogen (secondary N) is 1. The van der Waals surface area contributed by atoms with E-state index in [0.717, 1.165) is 31.4 Å². The number of amides is 1. The van der Waals surface area contributed by atoms with Crippen LogP contribution in [0.3, 0.4) is 0 Å². The molecular formula is C24H21ClFN5O2S. The monoisotopic (exact) mass is 497 g/mol. The van der Waals surface area contributed by atoms with Gasteiger partial charge in [-0.25, -0.2) is 9.37 Å². The lowest BCUT2D eigenvalue weighted by Gasteiger charge is -2.17. The molecule has 2 aromatic carbocycles. The quantitative estimate of drug-likeness (QED) is 0.317. The minimum absolute atomic E-state index is 0.0214. The number of benzene rings is 2. The zero-order valence-electron chi connectivity index (χ0n) is 18.1. The number of hydrogen-bond donors (Lipinski definition) is 1. The number of carbonyl (C=O) groups excluding carboxylic acids is 1. The number of aromatic nitrogens is 4. The van der Waals surface area contributed by atoms with E-state index >= 15 is 0 Å². The molecule has 3 aliphatic heterocycles. The van der Waals surface area contributed by atoms with Gasteiger partial charge in [-0.3, -0.25) is 9.59 Å². The maximum Gasteiger partial charge on any atom is 0.284 e. The highest BCUT2D eigenvalue weighted by molar-refractivity contribution is 7.99. The maximum atomic E-state index is 14.0. The molecule has 0 aromatic heterocycles. The summed E-state index contributed by atoms with van der Waals surface area (Å²) < 4.78 is 17.4. The number of carbonyl (C=O) groups is 1. The minimum Gasteiger partial charge on any atom is -0.324 e. The fourth-order valence-corrected chi connectivity index (χ4v) is 5.13. The highest BCUT2D eigenvalue weighted by atomic mass is 35.5. The van der Waals surface area contributed by atoms with Crippen LogP contribution >= 0.6 is 23.4 Å². The first-order chi connectivity index (χ1) is 16.5. The molecule has 5 rings (SSSR count). The lowest BCUT2D eigenvalue weighted by molar-refractivity contribution is -0.113. The van der Waals surface area contributed by atoms with E-state index in [1.807, 2.05) is 34.9 Å². The number of thioether (sulfide) groups is 1. The van der Waals surface area contributed by atoms with Gasteiger partial charge in [-0.05, 0) is 49.6 Å². The van der Waals surface area contributed by atoms with Crippen molar-refractivity contribution < 1.29 is 9.18 Å². The minimum atomic E-state index is -0.556. The Labute approximate surface area is 204 Å². The van der Waals surface area contributed by atoms with Gasteiger partial charge in [-0.1, -0.05) is 48.0 Å². The zero-order chi connectivity index (χ0) is 23.7. The van der Waals surface area contributed by atoms with Crippen LogP contribution in [-0.2, 0) is 17.8 Å². The molecule has 2 aromatic rings. The van der Waals surface area contributed by atoms with Gasteiger partial charge in [0, 0.05) is 17.3 Å². The van der Waals surface area contributed by atoms with Crippen LogP contribution in [0.1, 0.15) is 25.0 Å². The first kappa shape index (κ1) is 22.6. The number of hydrogen-bond acceptors (Lipinski definition) is 5. The predicted molar refractivity (Wildman–Crippen MR) is 131 cm³/mol. The molecule has 0 bridgehead atoms. The fraction of sp³-hybridized carbons (Fsp3) is 0.250. The van der Waals surface area contributed by atoms with Crippen molar-refractivity contribution >= 4 is 35.0 Å². The molecule has 10 heteroatoms. The summed E-state index contributed by atoms with van der Waals surface area (Å²) in [6.45, 7) is 0.709. The summed E-state index contributed by atoms with van der Waals surface area (Å²) >= 11 is 7.15.